The Balaban J connectivity index is 2.67. The minimum atomic E-state index is 0.421. The van der Waals surface area contributed by atoms with E-state index in [0.29, 0.717) is 6.42 Å². The number of pyridine rings is 1. The van der Waals surface area contributed by atoms with Crippen LogP contribution in [0.25, 0.3) is 5.65 Å². The lowest BCUT2D eigenvalue weighted by Crippen LogP contribution is -1.93. The Morgan fingerprint density at radius 1 is 1.62 bits per heavy atom. The van der Waals surface area contributed by atoms with Crippen LogP contribution in [0.3, 0.4) is 0 Å². The fourth-order valence-electron chi connectivity index (χ4n) is 1.44. The van der Waals surface area contributed by atoms with E-state index in [0.717, 1.165) is 23.2 Å². The Hall–Kier alpha value is -1.64. The number of rotatable bonds is 2. The fraction of sp³-hybridized carbons (Fsp3) is 0.200. The molecule has 0 spiro atoms. The van der Waals surface area contributed by atoms with Gasteiger partial charge in [0.1, 0.15) is 11.9 Å². The summed E-state index contributed by atoms with van der Waals surface area (Å²) in [6, 6.07) is 3.96. The lowest BCUT2D eigenvalue weighted by molar-refractivity contribution is -0.107. The molecule has 0 bridgehead atoms. The van der Waals surface area contributed by atoms with Crippen LogP contribution < -0.4 is 0 Å². The quantitative estimate of drug-likeness (QED) is 0.645. The molecule has 0 fully saturated rings. The molecule has 0 aromatic carbocycles. The molecule has 13 heavy (non-hydrogen) atoms. The third-order valence-corrected chi connectivity index (χ3v) is 2.10. The second-order valence-electron chi connectivity index (χ2n) is 3.01. The fourth-order valence-corrected chi connectivity index (χ4v) is 1.44. The highest BCUT2D eigenvalue weighted by Gasteiger charge is 2.02. The largest absolute Gasteiger partial charge is 0.303 e. The second-order valence-corrected chi connectivity index (χ2v) is 3.01. The summed E-state index contributed by atoms with van der Waals surface area (Å²) in [6.45, 7) is 2.01. The number of carbonyl (C=O) groups is 1. The SMILES string of the molecule is Cc1cccn2c(CC=O)cnc12. The molecule has 2 aromatic heterocycles. The number of carbonyl (C=O) groups excluding carboxylic acids is 1. The maximum atomic E-state index is 10.4. The van der Waals surface area contributed by atoms with E-state index < -0.39 is 0 Å². The normalized spacial score (nSPS) is 10.5. The highest BCUT2D eigenvalue weighted by atomic mass is 16.1. The molecule has 0 saturated carbocycles. The number of nitrogens with zero attached hydrogens (tertiary/aromatic N) is 2. The molecule has 2 rings (SSSR count). The molecule has 2 aromatic rings. The molecule has 0 amide bonds. The molecule has 3 nitrogen and oxygen atoms in total. The predicted octanol–water partition coefficient (Wildman–Crippen LogP) is 1.38. The molecule has 3 heteroatoms. The molecule has 2 heterocycles. The van der Waals surface area contributed by atoms with Gasteiger partial charge in [0, 0.05) is 24.5 Å². The summed E-state index contributed by atoms with van der Waals surface area (Å²) in [5, 5.41) is 0. The van der Waals surface area contributed by atoms with Gasteiger partial charge in [0.15, 0.2) is 0 Å². The molecule has 0 atom stereocenters. The van der Waals surface area contributed by atoms with Crippen LogP contribution >= 0.6 is 0 Å². The summed E-state index contributed by atoms with van der Waals surface area (Å²) in [5.41, 5.74) is 2.99. The smallest absolute Gasteiger partial charge is 0.139 e. The van der Waals surface area contributed by atoms with Crippen molar-refractivity contribution in [2.24, 2.45) is 0 Å². The summed E-state index contributed by atoms with van der Waals surface area (Å²) in [6.07, 6.45) is 4.99. The first kappa shape index (κ1) is 7.98. The summed E-state index contributed by atoms with van der Waals surface area (Å²) in [5.74, 6) is 0. The average Bonchev–Trinajstić information content (AvgIpc) is 2.51. The zero-order chi connectivity index (χ0) is 9.26. The lowest BCUT2D eigenvalue weighted by Gasteiger charge is -1.98. The van der Waals surface area contributed by atoms with E-state index in [2.05, 4.69) is 4.98 Å². The third kappa shape index (κ3) is 1.22. The van der Waals surface area contributed by atoms with Gasteiger partial charge in [-0.25, -0.2) is 4.98 Å². The maximum absolute atomic E-state index is 10.4. The number of hydrogen-bond acceptors (Lipinski definition) is 2. The van der Waals surface area contributed by atoms with Crippen molar-refractivity contribution in [1.82, 2.24) is 9.38 Å². The highest BCUT2D eigenvalue weighted by Crippen LogP contribution is 2.10. The first-order chi connectivity index (χ1) is 6.33. The topological polar surface area (TPSA) is 34.4 Å². The van der Waals surface area contributed by atoms with E-state index in [-0.39, 0.29) is 0 Å². The number of aromatic nitrogens is 2. The molecule has 0 aliphatic rings. The van der Waals surface area contributed by atoms with Crippen LogP contribution in [0.2, 0.25) is 0 Å². The molecule has 0 aliphatic heterocycles. The van der Waals surface area contributed by atoms with Gasteiger partial charge in [-0.05, 0) is 18.6 Å². The number of aldehydes is 1. The van der Waals surface area contributed by atoms with Crippen molar-refractivity contribution >= 4 is 11.9 Å². The highest BCUT2D eigenvalue weighted by molar-refractivity contribution is 5.56. The Kier molecular flexibility index (Phi) is 1.85. The monoisotopic (exact) mass is 174 g/mol. The van der Waals surface area contributed by atoms with Crippen molar-refractivity contribution in [2.45, 2.75) is 13.3 Å². The standard InChI is InChI=1S/C10H10N2O/c1-8-3-2-5-12-9(4-6-13)7-11-10(8)12/h2-3,5-7H,4H2,1H3. The molecule has 0 N–H and O–H groups in total. The Labute approximate surface area is 76.0 Å². The van der Waals surface area contributed by atoms with Crippen molar-refractivity contribution in [2.75, 3.05) is 0 Å². The first-order valence-corrected chi connectivity index (χ1v) is 4.18. The van der Waals surface area contributed by atoms with Gasteiger partial charge in [-0.2, -0.15) is 0 Å². The van der Waals surface area contributed by atoms with E-state index in [1.807, 2.05) is 29.7 Å². The van der Waals surface area contributed by atoms with Crippen LogP contribution in [0.5, 0.6) is 0 Å². The van der Waals surface area contributed by atoms with Crippen LogP contribution in [-0.2, 0) is 11.2 Å². The summed E-state index contributed by atoms with van der Waals surface area (Å²) in [4.78, 5) is 14.6. The molecule has 0 radical (unpaired) electrons. The van der Waals surface area contributed by atoms with Gasteiger partial charge < -0.3 is 9.20 Å². The summed E-state index contributed by atoms with van der Waals surface area (Å²) < 4.78 is 1.95. The molecular weight excluding hydrogens is 164 g/mol. The maximum Gasteiger partial charge on any atom is 0.139 e. The summed E-state index contributed by atoms with van der Waals surface area (Å²) in [7, 11) is 0. The van der Waals surface area contributed by atoms with Crippen LogP contribution in [0.15, 0.2) is 24.5 Å². The average molecular weight is 174 g/mol. The molecule has 0 aliphatic carbocycles. The van der Waals surface area contributed by atoms with Gasteiger partial charge in [0.05, 0.1) is 0 Å². The number of aryl methyl sites for hydroxylation is 1. The minimum Gasteiger partial charge on any atom is -0.303 e. The van der Waals surface area contributed by atoms with Crippen molar-refractivity contribution in [1.29, 1.82) is 0 Å². The Morgan fingerprint density at radius 3 is 3.23 bits per heavy atom. The number of imidazole rings is 1. The molecular formula is C10H10N2O. The molecule has 0 saturated heterocycles. The van der Waals surface area contributed by atoms with Crippen LogP contribution in [-0.4, -0.2) is 15.7 Å². The van der Waals surface area contributed by atoms with E-state index in [4.69, 9.17) is 0 Å². The van der Waals surface area contributed by atoms with E-state index in [9.17, 15) is 4.79 Å². The van der Waals surface area contributed by atoms with Crippen LogP contribution in [0.1, 0.15) is 11.3 Å². The first-order valence-electron chi connectivity index (χ1n) is 4.18. The van der Waals surface area contributed by atoms with E-state index >= 15 is 0 Å². The van der Waals surface area contributed by atoms with E-state index in [1.165, 1.54) is 0 Å². The van der Waals surface area contributed by atoms with Crippen LogP contribution in [0, 0.1) is 6.92 Å². The minimum absolute atomic E-state index is 0.421. The third-order valence-electron chi connectivity index (χ3n) is 2.10. The number of hydrogen-bond donors (Lipinski definition) is 0. The molecule has 0 unspecified atom stereocenters. The Bertz CT molecular complexity index is 445. The van der Waals surface area contributed by atoms with Crippen molar-refractivity contribution in [3.05, 3.63) is 35.8 Å². The van der Waals surface area contributed by atoms with Crippen molar-refractivity contribution in [3.63, 3.8) is 0 Å². The second kappa shape index (κ2) is 3.01. The molecule has 66 valence electrons. The lowest BCUT2D eigenvalue weighted by atomic mass is 10.3. The van der Waals surface area contributed by atoms with Gasteiger partial charge in [0.2, 0.25) is 0 Å². The van der Waals surface area contributed by atoms with Gasteiger partial charge in [-0.1, -0.05) is 6.07 Å². The Morgan fingerprint density at radius 2 is 2.46 bits per heavy atom. The summed E-state index contributed by atoms with van der Waals surface area (Å²) >= 11 is 0. The van der Waals surface area contributed by atoms with Crippen molar-refractivity contribution < 1.29 is 4.79 Å². The van der Waals surface area contributed by atoms with Crippen molar-refractivity contribution in [3.8, 4) is 0 Å². The van der Waals surface area contributed by atoms with Gasteiger partial charge in [-0.3, -0.25) is 0 Å². The van der Waals surface area contributed by atoms with Gasteiger partial charge in [0.25, 0.3) is 0 Å². The van der Waals surface area contributed by atoms with Gasteiger partial charge in [-0.15, -0.1) is 0 Å². The zero-order valence-electron chi connectivity index (χ0n) is 7.40. The van der Waals surface area contributed by atoms with Crippen LogP contribution in [0.4, 0.5) is 0 Å². The van der Waals surface area contributed by atoms with Gasteiger partial charge >= 0.3 is 0 Å². The number of fused-ring (bicyclic) bond motifs is 1. The van der Waals surface area contributed by atoms with E-state index in [1.54, 1.807) is 6.20 Å². The zero-order valence-corrected chi connectivity index (χ0v) is 7.40. The predicted molar refractivity (Wildman–Crippen MR) is 49.7 cm³/mol.